The fourth-order valence-corrected chi connectivity index (χ4v) is 2.43. The van der Waals surface area contributed by atoms with Gasteiger partial charge in [0, 0.05) is 25.2 Å². The molecule has 0 saturated heterocycles. The fourth-order valence-electron chi connectivity index (χ4n) is 2.43. The zero-order chi connectivity index (χ0) is 18.7. The molecule has 8 nitrogen and oxygen atoms in total. The molecule has 3 aromatic rings. The highest BCUT2D eigenvalue weighted by molar-refractivity contribution is 5.55. The minimum Gasteiger partial charge on any atom is -0.368 e. The van der Waals surface area contributed by atoms with E-state index in [2.05, 4.69) is 25.4 Å². The van der Waals surface area contributed by atoms with Crippen molar-refractivity contribution in [1.82, 2.24) is 24.7 Å². The first-order valence-electron chi connectivity index (χ1n) is 8.03. The molecule has 10 heteroatoms. The van der Waals surface area contributed by atoms with Gasteiger partial charge in [0.2, 0.25) is 11.9 Å². The third kappa shape index (κ3) is 3.53. The molecule has 26 heavy (non-hydrogen) atoms. The molecule has 3 N–H and O–H groups in total. The van der Waals surface area contributed by atoms with Crippen molar-refractivity contribution in [3.63, 3.8) is 0 Å². The van der Waals surface area contributed by atoms with Gasteiger partial charge >= 0.3 is 0 Å². The van der Waals surface area contributed by atoms with Gasteiger partial charge in [0.05, 0.1) is 5.69 Å². The Hall–Kier alpha value is -3.30. The van der Waals surface area contributed by atoms with E-state index in [-0.39, 0.29) is 17.6 Å². The molecule has 0 spiro atoms. The van der Waals surface area contributed by atoms with E-state index in [9.17, 15) is 8.78 Å². The summed E-state index contributed by atoms with van der Waals surface area (Å²) in [4.78, 5) is 14.5. The van der Waals surface area contributed by atoms with Crippen LogP contribution in [-0.4, -0.2) is 37.8 Å². The van der Waals surface area contributed by atoms with E-state index in [4.69, 9.17) is 5.73 Å². The molecule has 2 heterocycles. The standard InChI is InChI=1S/C16H18F2N8/c1-3-25(4-2)13-8-14(21-9-20-13)26-15(19)23-16(24-26)22-12-6-5-10(17)7-11(12)18/h5-9H,3-4H2,1-2H3,(H3,19,22,23,24). The first kappa shape index (κ1) is 17.5. The lowest BCUT2D eigenvalue weighted by molar-refractivity contribution is 0.586. The lowest BCUT2D eigenvalue weighted by Crippen LogP contribution is -2.23. The van der Waals surface area contributed by atoms with Gasteiger partial charge in [-0.2, -0.15) is 9.67 Å². The number of nitrogens with two attached hydrogens (primary N) is 1. The smallest absolute Gasteiger partial charge is 0.248 e. The van der Waals surface area contributed by atoms with Crippen LogP contribution in [0.3, 0.4) is 0 Å². The fraction of sp³-hybridized carbons (Fsp3) is 0.250. The number of hydrogen-bond acceptors (Lipinski definition) is 7. The number of halogens is 2. The molecule has 0 aliphatic heterocycles. The van der Waals surface area contributed by atoms with Crippen LogP contribution in [0.5, 0.6) is 0 Å². The van der Waals surface area contributed by atoms with Gasteiger partial charge in [0.25, 0.3) is 0 Å². The molecule has 1 aromatic carbocycles. The maximum absolute atomic E-state index is 13.8. The highest BCUT2D eigenvalue weighted by Gasteiger charge is 2.14. The van der Waals surface area contributed by atoms with Gasteiger partial charge < -0.3 is 16.0 Å². The lowest BCUT2D eigenvalue weighted by Gasteiger charge is -2.19. The predicted molar refractivity (Wildman–Crippen MR) is 94.6 cm³/mol. The second-order valence-corrected chi connectivity index (χ2v) is 5.36. The highest BCUT2D eigenvalue weighted by Crippen LogP contribution is 2.21. The number of nitrogen functional groups attached to an aromatic ring is 1. The van der Waals surface area contributed by atoms with Crippen molar-refractivity contribution in [3.8, 4) is 5.82 Å². The van der Waals surface area contributed by atoms with E-state index < -0.39 is 11.6 Å². The van der Waals surface area contributed by atoms with E-state index >= 15 is 0 Å². The Bertz CT molecular complexity index is 907. The van der Waals surface area contributed by atoms with Gasteiger partial charge in [0.1, 0.15) is 23.8 Å². The Labute approximate surface area is 148 Å². The van der Waals surface area contributed by atoms with Gasteiger partial charge in [0.15, 0.2) is 5.82 Å². The van der Waals surface area contributed by atoms with Crippen molar-refractivity contribution in [3.05, 3.63) is 42.2 Å². The summed E-state index contributed by atoms with van der Waals surface area (Å²) < 4.78 is 28.1. The van der Waals surface area contributed by atoms with Crippen molar-refractivity contribution in [2.24, 2.45) is 0 Å². The summed E-state index contributed by atoms with van der Waals surface area (Å²) in [7, 11) is 0. The number of hydrogen-bond donors (Lipinski definition) is 2. The third-order valence-corrected chi connectivity index (χ3v) is 3.75. The number of benzene rings is 1. The van der Waals surface area contributed by atoms with Crippen molar-refractivity contribution in [2.75, 3.05) is 29.0 Å². The number of anilines is 4. The van der Waals surface area contributed by atoms with Crippen LogP contribution in [0.1, 0.15) is 13.8 Å². The zero-order valence-electron chi connectivity index (χ0n) is 14.3. The van der Waals surface area contributed by atoms with Crippen LogP contribution in [0, 0.1) is 11.6 Å². The Morgan fingerprint density at radius 1 is 1.15 bits per heavy atom. The Morgan fingerprint density at radius 3 is 2.62 bits per heavy atom. The van der Waals surface area contributed by atoms with Crippen molar-refractivity contribution in [1.29, 1.82) is 0 Å². The molecule has 0 fully saturated rings. The summed E-state index contributed by atoms with van der Waals surface area (Å²) in [6, 6.07) is 4.89. The van der Waals surface area contributed by atoms with E-state index in [0.29, 0.717) is 5.82 Å². The lowest BCUT2D eigenvalue weighted by atomic mass is 10.3. The molecule has 0 unspecified atom stereocenters. The normalized spacial score (nSPS) is 10.8. The second kappa shape index (κ2) is 7.30. The topological polar surface area (TPSA) is 97.8 Å². The summed E-state index contributed by atoms with van der Waals surface area (Å²) in [6.45, 7) is 5.62. The summed E-state index contributed by atoms with van der Waals surface area (Å²) in [5.41, 5.74) is 5.94. The van der Waals surface area contributed by atoms with Gasteiger partial charge in [-0.25, -0.2) is 18.7 Å². The minimum absolute atomic E-state index is 0.0371. The van der Waals surface area contributed by atoms with Crippen LogP contribution in [0.25, 0.3) is 5.82 Å². The van der Waals surface area contributed by atoms with E-state index in [0.717, 1.165) is 31.0 Å². The molecule has 0 aliphatic carbocycles. The highest BCUT2D eigenvalue weighted by atomic mass is 19.1. The molecule has 0 bridgehead atoms. The Balaban J connectivity index is 1.90. The van der Waals surface area contributed by atoms with Gasteiger partial charge in [-0.15, -0.1) is 5.10 Å². The molecule has 136 valence electrons. The van der Waals surface area contributed by atoms with Crippen LogP contribution in [0.15, 0.2) is 30.6 Å². The van der Waals surface area contributed by atoms with Crippen LogP contribution in [0.2, 0.25) is 0 Å². The van der Waals surface area contributed by atoms with Gasteiger partial charge in [-0.05, 0) is 26.0 Å². The number of rotatable bonds is 6. The summed E-state index contributed by atoms with van der Waals surface area (Å²) in [5, 5.41) is 6.86. The Morgan fingerprint density at radius 2 is 1.92 bits per heavy atom. The average Bonchev–Trinajstić information content (AvgIpc) is 2.99. The minimum atomic E-state index is -0.759. The molecule has 0 saturated carbocycles. The summed E-state index contributed by atoms with van der Waals surface area (Å²) >= 11 is 0. The zero-order valence-corrected chi connectivity index (χ0v) is 14.3. The summed E-state index contributed by atoms with van der Waals surface area (Å²) in [5.74, 6) is -0.134. The first-order valence-corrected chi connectivity index (χ1v) is 8.03. The molecular weight excluding hydrogens is 342 g/mol. The van der Waals surface area contributed by atoms with E-state index in [1.807, 2.05) is 18.7 Å². The van der Waals surface area contributed by atoms with Gasteiger partial charge in [-0.1, -0.05) is 0 Å². The number of aromatic nitrogens is 5. The third-order valence-electron chi connectivity index (χ3n) is 3.75. The van der Waals surface area contributed by atoms with Crippen molar-refractivity contribution in [2.45, 2.75) is 13.8 Å². The molecule has 2 aromatic heterocycles. The Kier molecular flexibility index (Phi) is 4.92. The predicted octanol–water partition coefficient (Wildman–Crippen LogP) is 2.51. The van der Waals surface area contributed by atoms with Crippen molar-refractivity contribution >= 4 is 23.4 Å². The average molecular weight is 360 g/mol. The van der Waals surface area contributed by atoms with Crippen LogP contribution >= 0.6 is 0 Å². The molecule has 0 atom stereocenters. The quantitative estimate of drug-likeness (QED) is 0.697. The number of nitrogens with one attached hydrogen (secondary N) is 1. The first-order chi connectivity index (χ1) is 12.5. The maximum Gasteiger partial charge on any atom is 0.248 e. The van der Waals surface area contributed by atoms with E-state index in [1.165, 1.54) is 17.1 Å². The van der Waals surface area contributed by atoms with Crippen LogP contribution < -0.4 is 16.0 Å². The molecule has 3 rings (SSSR count). The van der Waals surface area contributed by atoms with Crippen LogP contribution in [-0.2, 0) is 0 Å². The second-order valence-electron chi connectivity index (χ2n) is 5.36. The van der Waals surface area contributed by atoms with Crippen molar-refractivity contribution < 1.29 is 8.78 Å². The molecule has 0 aliphatic rings. The van der Waals surface area contributed by atoms with Crippen LogP contribution in [0.4, 0.5) is 32.2 Å². The van der Waals surface area contributed by atoms with E-state index in [1.54, 1.807) is 6.07 Å². The SMILES string of the molecule is CCN(CC)c1cc(-n2nc(Nc3ccc(F)cc3F)nc2N)ncn1. The summed E-state index contributed by atoms with van der Waals surface area (Å²) in [6.07, 6.45) is 1.41. The maximum atomic E-state index is 13.8. The van der Waals surface area contributed by atoms with Gasteiger partial charge in [-0.3, -0.25) is 0 Å². The number of nitrogens with zero attached hydrogens (tertiary/aromatic N) is 6. The molecule has 0 amide bonds. The molecular formula is C16H18F2N8. The molecule has 0 radical (unpaired) electrons. The largest absolute Gasteiger partial charge is 0.368 e. The monoisotopic (exact) mass is 360 g/mol.